The number of anilines is 1. The number of carbonyl (C=O) groups is 1. The first-order valence-corrected chi connectivity index (χ1v) is 8.52. The number of nitrogens with zero attached hydrogens (tertiary/aromatic N) is 3. The molecule has 0 spiro atoms. The summed E-state index contributed by atoms with van der Waals surface area (Å²) in [6.07, 6.45) is 1.66. The number of carbonyl (C=O) groups excluding carboxylic acids is 1. The number of aryl methyl sites for hydroxylation is 1. The van der Waals surface area contributed by atoms with Crippen molar-refractivity contribution in [3.05, 3.63) is 41.5 Å². The molecule has 26 heavy (non-hydrogen) atoms. The lowest BCUT2D eigenvalue weighted by molar-refractivity contribution is 0.0398. The molecule has 8 heteroatoms. The molecule has 1 aliphatic rings. The van der Waals surface area contributed by atoms with Crippen LogP contribution >= 0.6 is 0 Å². The summed E-state index contributed by atoms with van der Waals surface area (Å²) in [4.78, 5) is 22.4. The Labute approximate surface area is 151 Å². The van der Waals surface area contributed by atoms with Crippen molar-refractivity contribution in [1.82, 2.24) is 14.9 Å². The predicted molar refractivity (Wildman–Crippen MR) is 96.4 cm³/mol. The second-order valence-electron chi connectivity index (χ2n) is 6.13. The Kier molecular flexibility index (Phi) is 5.75. The fourth-order valence-corrected chi connectivity index (χ4v) is 2.87. The SMILES string of the molecule is Cc1nc(NCCN2CCOCC2)ncc1-c1ccc(F)c(C(N)=O)c1. The average molecular weight is 359 g/mol. The van der Waals surface area contributed by atoms with Gasteiger partial charge in [-0.15, -0.1) is 0 Å². The number of hydrogen-bond donors (Lipinski definition) is 2. The highest BCUT2D eigenvalue weighted by atomic mass is 19.1. The van der Waals surface area contributed by atoms with Gasteiger partial charge in [-0.25, -0.2) is 14.4 Å². The molecule has 2 aromatic rings. The zero-order valence-corrected chi connectivity index (χ0v) is 14.7. The van der Waals surface area contributed by atoms with Crippen molar-refractivity contribution in [3.63, 3.8) is 0 Å². The summed E-state index contributed by atoms with van der Waals surface area (Å²) in [6, 6.07) is 4.23. The number of nitrogens with two attached hydrogens (primary N) is 1. The third-order valence-electron chi connectivity index (χ3n) is 4.34. The molecule has 0 bridgehead atoms. The van der Waals surface area contributed by atoms with E-state index in [0.29, 0.717) is 11.5 Å². The van der Waals surface area contributed by atoms with Crippen LogP contribution in [0.1, 0.15) is 16.1 Å². The van der Waals surface area contributed by atoms with Gasteiger partial charge in [-0.2, -0.15) is 0 Å². The van der Waals surface area contributed by atoms with Crippen molar-refractivity contribution in [2.75, 3.05) is 44.7 Å². The Morgan fingerprint density at radius 1 is 1.38 bits per heavy atom. The molecule has 0 aliphatic carbocycles. The zero-order valence-electron chi connectivity index (χ0n) is 14.7. The van der Waals surface area contributed by atoms with E-state index in [9.17, 15) is 9.18 Å². The quantitative estimate of drug-likeness (QED) is 0.811. The van der Waals surface area contributed by atoms with Crippen molar-refractivity contribution >= 4 is 11.9 Å². The van der Waals surface area contributed by atoms with Crippen LogP contribution in [0.4, 0.5) is 10.3 Å². The van der Waals surface area contributed by atoms with Crippen LogP contribution in [-0.4, -0.2) is 60.2 Å². The Bertz CT molecular complexity index is 793. The molecule has 7 nitrogen and oxygen atoms in total. The minimum Gasteiger partial charge on any atom is -0.379 e. The van der Waals surface area contributed by atoms with E-state index in [0.717, 1.165) is 50.7 Å². The van der Waals surface area contributed by atoms with Gasteiger partial charge in [-0.3, -0.25) is 9.69 Å². The van der Waals surface area contributed by atoms with E-state index < -0.39 is 11.7 Å². The van der Waals surface area contributed by atoms with E-state index in [-0.39, 0.29) is 5.56 Å². The van der Waals surface area contributed by atoms with E-state index in [1.807, 2.05) is 6.92 Å². The van der Waals surface area contributed by atoms with Crippen molar-refractivity contribution in [3.8, 4) is 11.1 Å². The monoisotopic (exact) mass is 359 g/mol. The fourth-order valence-electron chi connectivity index (χ4n) is 2.87. The van der Waals surface area contributed by atoms with Crippen LogP contribution in [0.15, 0.2) is 24.4 Å². The van der Waals surface area contributed by atoms with Crippen LogP contribution in [0.5, 0.6) is 0 Å². The second-order valence-corrected chi connectivity index (χ2v) is 6.13. The lowest BCUT2D eigenvalue weighted by Crippen LogP contribution is -2.39. The Morgan fingerprint density at radius 2 is 2.15 bits per heavy atom. The van der Waals surface area contributed by atoms with E-state index in [1.165, 1.54) is 12.1 Å². The van der Waals surface area contributed by atoms with Gasteiger partial charge < -0.3 is 15.8 Å². The van der Waals surface area contributed by atoms with Gasteiger partial charge >= 0.3 is 0 Å². The largest absolute Gasteiger partial charge is 0.379 e. The van der Waals surface area contributed by atoms with E-state index in [1.54, 1.807) is 12.3 Å². The highest BCUT2D eigenvalue weighted by molar-refractivity contribution is 5.94. The van der Waals surface area contributed by atoms with Gasteiger partial charge in [0.15, 0.2) is 0 Å². The average Bonchev–Trinajstić information content (AvgIpc) is 2.63. The molecule has 138 valence electrons. The normalized spacial score (nSPS) is 15.0. The second kappa shape index (κ2) is 8.20. The minimum atomic E-state index is -0.802. The molecule has 3 N–H and O–H groups in total. The molecule has 2 heterocycles. The number of halogens is 1. The summed E-state index contributed by atoms with van der Waals surface area (Å²) in [5.41, 5.74) is 7.18. The maximum atomic E-state index is 13.6. The molecule has 3 rings (SSSR count). The molecule has 1 aliphatic heterocycles. The molecule has 0 unspecified atom stereocenters. The lowest BCUT2D eigenvalue weighted by Gasteiger charge is -2.26. The summed E-state index contributed by atoms with van der Waals surface area (Å²) in [7, 11) is 0. The van der Waals surface area contributed by atoms with Gasteiger partial charge in [-0.05, 0) is 24.6 Å². The highest BCUT2D eigenvalue weighted by Gasteiger charge is 2.13. The number of morpholine rings is 1. The van der Waals surface area contributed by atoms with Crippen LogP contribution in [0.25, 0.3) is 11.1 Å². The molecule has 0 radical (unpaired) electrons. The summed E-state index contributed by atoms with van der Waals surface area (Å²) in [6.45, 7) is 6.90. The predicted octanol–water partition coefficient (Wildman–Crippen LogP) is 1.43. The van der Waals surface area contributed by atoms with Gasteiger partial charge in [0, 0.05) is 37.9 Å². The van der Waals surface area contributed by atoms with Crippen LogP contribution in [-0.2, 0) is 4.74 Å². The number of ether oxygens (including phenoxy) is 1. The molecule has 0 atom stereocenters. The number of primary amides is 1. The first kappa shape index (κ1) is 18.2. The molecule has 1 aromatic carbocycles. The Balaban J connectivity index is 1.67. The van der Waals surface area contributed by atoms with Crippen molar-refractivity contribution in [2.24, 2.45) is 5.73 Å². The summed E-state index contributed by atoms with van der Waals surface area (Å²) in [5, 5.41) is 3.21. The highest BCUT2D eigenvalue weighted by Crippen LogP contribution is 2.24. The summed E-state index contributed by atoms with van der Waals surface area (Å²) >= 11 is 0. The maximum absolute atomic E-state index is 13.6. The third kappa shape index (κ3) is 4.33. The van der Waals surface area contributed by atoms with Crippen molar-refractivity contribution in [2.45, 2.75) is 6.92 Å². The molecule has 1 fully saturated rings. The zero-order chi connectivity index (χ0) is 18.5. The van der Waals surface area contributed by atoms with Crippen LogP contribution in [0.2, 0.25) is 0 Å². The van der Waals surface area contributed by atoms with Gasteiger partial charge in [0.2, 0.25) is 5.95 Å². The molecular weight excluding hydrogens is 337 g/mol. The van der Waals surface area contributed by atoms with Crippen LogP contribution < -0.4 is 11.1 Å². The maximum Gasteiger partial charge on any atom is 0.251 e. The van der Waals surface area contributed by atoms with Gasteiger partial charge in [-0.1, -0.05) is 6.07 Å². The number of aromatic nitrogens is 2. The molecule has 1 amide bonds. The molecular formula is C18H22FN5O2. The van der Waals surface area contributed by atoms with Gasteiger partial charge in [0.05, 0.1) is 24.5 Å². The van der Waals surface area contributed by atoms with Crippen LogP contribution in [0, 0.1) is 12.7 Å². The Hall–Kier alpha value is -2.58. The lowest BCUT2D eigenvalue weighted by atomic mass is 10.0. The van der Waals surface area contributed by atoms with E-state index in [4.69, 9.17) is 10.5 Å². The first-order valence-electron chi connectivity index (χ1n) is 8.52. The minimum absolute atomic E-state index is 0.144. The van der Waals surface area contributed by atoms with Crippen LogP contribution in [0.3, 0.4) is 0 Å². The standard InChI is InChI=1S/C18H22FN5O2/c1-12-15(13-2-3-16(19)14(10-13)17(20)25)11-22-18(23-12)21-4-5-24-6-8-26-9-7-24/h2-3,10-11H,4-9H2,1H3,(H2,20,25)(H,21,22,23). The van der Waals surface area contributed by atoms with Crippen molar-refractivity contribution < 1.29 is 13.9 Å². The van der Waals surface area contributed by atoms with Crippen molar-refractivity contribution in [1.29, 1.82) is 0 Å². The number of hydrogen-bond acceptors (Lipinski definition) is 6. The van der Waals surface area contributed by atoms with E-state index in [2.05, 4.69) is 20.2 Å². The third-order valence-corrected chi connectivity index (χ3v) is 4.34. The van der Waals surface area contributed by atoms with Gasteiger partial charge in [0.25, 0.3) is 5.91 Å². The topological polar surface area (TPSA) is 93.4 Å². The number of benzene rings is 1. The first-order chi connectivity index (χ1) is 12.5. The smallest absolute Gasteiger partial charge is 0.251 e. The number of nitrogens with one attached hydrogen (secondary N) is 1. The summed E-state index contributed by atoms with van der Waals surface area (Å²) in [5.74, 6) is -0.901. The Morgan fingerprint density at radius 3 is 2.85 bits per heavy atom. The van der Waals surface area contributed by atoms with E-state index >= 15 is 0 Å². The fraction of sp³-hybridized carbons (Fsp3) is 0.389. The summed E-state index contributed by atoms with van der Waals surface area (Å²) < 4.78 is 19.0. The number of amides is 1. The number of rotatable bonds is 6. The van der Waals surface area contributed by atoms with Gasteiger partial charge in [0.1, 0.15) is 5.82 Å². The molecule has 0 saturated carbocycles. The molecule has 1 aromatic heterocycles. The molecule has 1 saturated heterocycles.